The standard InChI is InChI=1S/C25H25N3O4.C25H19N3O3.C25H22N2O4.C23H20N2O4S.2H2/c1-28(2)17-8-9-18(21(14-17)30-3)19-5-4-6-23(26-19)27-24(29)25(11-12-25)16-7-10-20-22(13-16)32-15-31-20;29-24(25(10-11-25)18-7-8-20-21(13-18)31-15-30-20)28-22-9-6-17(14-27-22)19-5-1-3-16-4-2-12-26-23(16)19;1-26-24(29)17-7-5-16(6-8-17)20-4-2-3-19(27-20)14-23(28)25(11-12-25)18-9-10-21-22(13-18)31-15-30-21;1-30(27)17-8-5-15(6-9-17)18-3-2-4-21(24-18)25-22(26)23(11-12-23)16-7-10-19-20(13-16)29-14-28-19;;/h4-10,13-14H,11-12,15H2,1-3H3,(H,26,27,29);1-9,12-14H,10-11,15H2,(H,27,28,29);2-10,13H,11-12,14-15H2,1H3,(H,26,29);2-10,13H,11-12,14H2,1H3,(H,24,25,26);2*1H. The second-order valence-corrected chi connectivity index (χ2v) is 33.0. The Bertz CT molecular complexity index is 6360. The molecule has 4 aliphatic heterocycles. The first-order valence-electron chi connectivity index (χ1n) is 40.8. The number of anilines is 4. The quantitative estimate of drug-likeness (QED) is 0.0519. The van der Waals surface area contributed by atoms with E-state index in [1.807, 2.05) is 231 Å². The van der Waals surface area contributed by atoms with Crippen molar-refractivity contribution < 1.29 is 73.7 Å². The van der Waals surface area contributed by atoms with Crippen LogP contribution < -0.4 is 68.8 Å². The number of nitrogens with one attached hydrogen (secondary N) is 4. The molecule has 21 rings (SSSR count). The lowest BCUT2D eigenvalue weighted by Gasteiger charge is -2.17. The van der Waals surface area contributed by atoms with Crippen LogP contribution in [0.2, 0.25) is 0 Å². The number of rotatable bonds is 21. The number of hydrogen-bond acceptors (Lipinski definition) is 21. The molecule has 9 heterocycles. The fourth-order valence-electron chi connectivity index (χ4n) is 15.9. The molecule has 4 saturated carbocycles. The molecule has 4 amide bonds. The summed E-state index contributed by atoms with van der Waals surface area (Å²) >= 11 is 0. The number of aromatic nitrogens is 5. The van der Waals surface area contributed by atoms with Crippen molar-refractivity contribution >= 4 is 74.3 Å². The molecule has 26 heteroatoms. The zero-order chi connectivity index (χ0) is 85.3. The summed E-state index contributed by atoms with van der Waals surface area (Å²) in [6, 6.07) is 74.3. The van der Waals surface area contributed by atoms with E-state index in [-0.39, 0.29) is 65.9 Å². The van der Waals surface area contributed by atoms with Crippen molar-refractivity contribution in [3.63, 3.8) is 0 Å². The SMILES string of the molecule is CNC(=O)c1ccc(-c2cccc(CC(=O)C3(c4ccc5c(c4)OCO5)CC3)n2)cc1.COc1cc(N(C)C)ccc1-c1cccc(NC(=O)C2(c3ccc4c(c3)OCO4)CC2)n1.CS(=O)c1ccc(-c2cccc(NC(=O)C3(c4ccc5c(c4)OCO5)CC3)n2)cc1.O=C(Nc1ccc(-c2cccc3cccnc23)cn1)C1(c2ccc3c(c2)OCO3)CC1.[HH].[HH]. The van der Waals surface area contributed by atoms with Gasteiger partial charge in [-0.15, -0.1) is 0 Å². The van der Waals surface area contributed by atoms with E-state index in [9.17, 15) is 28.2 Å². The van der Waals surface area contributed by atoms with Gasteiger partial charge in [-0.3, -0.25) is 38.1 Å². The summed E-state index contributed by atoms with van der Waals surface area (Å²) in [7, 11) is 6.19. The van der Waals surface area contributed by atoms with E-state index in [0.717, 1.165) is 163 Å². The first kappa shape index (κ1) is 80.5. The number of Topliss-reactive ketones (excluding diaryl/α,β-unsaturated/α-hetero) is 1. The van der Waals surface area contributed by atoms with E-state index in [4.69, 9.17) is 47.6 Å². The minimum absolute atomic E-state index is 0. The van der Waals surface area contributed by atoms with Gasteiger partial charge in [-0.05, 0) is 213 Å². The number of para-hydroxylation sites is 1. The summed E-state index contributed by atoms with van der Waals surface area (Å²) < 4.78 is 60.6. The molecular weight excluding hydrogens is 1590 g/mol. The van der Waals surface area contributed by atoms with Crippen LogP contribution in [0.4, 0.5) is 23.1 Å². The lowest BCUT2D eigenvalue weighted by atomic mass is 9.88. The van der Waals surface area contributed by atoms with Crippen LogP contribution in [0.15, 0.2) is 254 Å². The summed E-state index contributed by atoms with van der Waals surface area (Å²) in [5, 5.41) is 12.7. The highest BCUT2D eigenvalue weighted by atomic mass is 32.2. The molecule has 8 aliphatic rings. The topological polar surface area (TPSA) is 301 Å². The minimum atomic E-state index is -1.02. The van der Waals surface area contributed by atoms with E-state index < -0.39 is 32.5 Å². The van der Waals surface area contributed by atoms with Gasteiger partial charge >= 0.3 is 0 Å². The molecule has 1 atom stereocenters. The number of fused-ring (bicyclic) bond motifs is 5. The Kier molecular flexibility index (Phi) is 22.0. The molecule has 5 aromatic heterocycles. The van der Waals surface area contributed by atoms with Crippen LogP contribution in [-0.2, 0) is 58.1 Å². The second kappa shape index (κ2) is 33.8. The molecule has 4 N–H and O–H groups in total. The Labute approximate surface area is 720 Å². The smallest absolute Gasteiger partial charge is 0.251 e. The van der Waals surface area contributed by atoms with E-state index in [1.165, 1.54) is 0 Å². The normalized spacial score (nSPS) is 15.7. The molecule has 1 unspecified atom stereocenters. The van der Waals surface area contributed by atoms with Crippen LogP contribution in [0.1, 0.15) is 92.5 Å². The summed E-state index contributed by atoms with van der Waals surface area (Å²) in [5.41, 5.74) is 11.9. The fourth-order valence-corrected chi connectivity index (χ4v) is 16.5. The minimum Gasteiger partial charge on any atom is -0.496 e. The largest absolute Gasteiger partial charge is 0.496 e. The third kappa shape index (κ3) is 16.5. The van der Waals surface area contributed by atoms with E-state index in [2.05, 4.69) is 41.2 Å². The maximum Gasteiger partial charge on any atom is 0.251 e. The van der Waals surface area contributed by atoms with Crippen molar-refractivity contribution in [2.45, 2.75) is 84.3 Å². The van der Waals surface area contributed by atoms with Gasteiger partial charge in [0.05, 0.1) is 51.4 Å². The van der Waals surface area contributed by atoms with Crippen molar-refractivity contribution in [2.24, 2.45) is 0 Å². The lowest BCUT2D eigenvalue weighted by molar-refractivity contribution is -0.121. The number of methoxy groups -OCH3 is 1. The van der Waals surface area contributed by atoms with Crippen molar-refractivity contribution in [3.05, 3.63) is 282 Å². The number of amides is 4. The molecule has 13 aromatic rings. The first-order chi connectivity index (χ1) is 60.4. The van der Waals surface area contributed by atoms with Crippen LogP contribution in [0.5, 0.6) is 51.7 Å². The molecule has 4 aliphatic carbocycles. The molecular formula is C98H90N10O15S. The number of carbonyl (C=O) groups excluding carboxylic acids is 5. The third-order valence-electron chi connectivity index (χ3n) is 23.7. The van der Waals surface area contributed by atoms with E-state index in [1.54, 1.807) is 57.1 Å². The Morgan fingerprint density at radius 1 is 0.435 bits per heavy atom. The third-order valence-corrected chi connectivity index (χ3v) is 24.7. The van der Waals surface area contributed by atoms with Crippen molar-refractivity contribution in [3.8, 4) is 96.6 Å². The zero-order valence-electron chi connectivity index (χ0n) is 68.6. The number of pyridine rings is 5. The number of ether oxygens (including phenoxy) is 9. The van der Waals surface area contributed by atoms with Crippen LogP contribution in [-0.4, -0.2) is 120 Å². The average Bonchev–Trinajstić information content (AvgIpc) is 1.60. The van der Waals surface area contributed by atoms with Gasteiger partial charge in [0.1, 0.15) is 29.0 Å². The summed E-state index contributed by atoms with van der Waals surface area (Å²) in [6.45, 7) is 0.874. The molecule has 8 aromatic carbocycles. The Morgan fingerprint density at radius 2 is 0.879 bits per heavy atom. The van der Waals surface area contributed by atoms with Crippen molar-refractivity contribution in [1.29, 1.82) is 0 Å². The molecule has 124 heavy (non-hydrogen) atoms. The fraction of sp³-hybridized carbons (Fsp3) is 0.224. The molecule has 0 saturated heterocycles. The average molecular weight is 1680 g/mol. The molecule has 0 radical (unpaired) electrons. The molecule has 0 bridgehead atoms. The Morgan fingerprint density at radius 3 is 1.35 bits per heavy atom. The van der Waals surface area contributed by atoms with Crippen LogP contribution in [0.3, 0.4) is 0 Å². The molecule has 4 fully saturated rings. The highest BCUT2D eigenvalue weighted by Gasteiger charge is 2.55. The van der Waals surface area contributed by atoms with Gasteiger partial charge < -0.3 is 68.8 Å². The zero-order valence-corrected chi connectivity index (χ0v) is 69.4. The van der Waals surface area contributed by atoms with Crippen LogP contribution in [0.25, 0.3) is 55.8 Å². The predicted molar refractivity (Wildman–Crippen MR) is 473 cm³/mol. The lowest BCUT2D eigenvalue weighted by Crippen LogP contribution is -2.28. The van der Waals surface area contributed by atoms with Gasteiger partial charge in [0, 0.05) is 121 Å². The van der Waals surface area contributed by atoms with Gasteiger partial charge in [-0.25, -0.2) is 15.0 Å². The molecule has 0 spiro atoms. The van der Waals surface area contributed by atoms with Gasteiger partial charge in [-0.1, -0.05) is 91.0 Å². The van der Waals surface area contributed by atoms with Gasteiger partial charge in [0.25, 0.3) is 5.91 Å². The van der Waals surface area contributed by atoms with Gasteiger partial charge in [-0.2, -0.15) is 0 Å². The number of benzene rings is 8. The summed E-state index contributed by atoms with van der Waals surface area (Å²) in [6.07, 6.45) is 11.9. The van der Waals surface area contributed by atoms with Crippen molar-refractivity contribution in [2.75, 3.05) is 82.5 Å². The second-order valence-electron chi connectivity index (χ2n) is 31.6. The highest BCUT2D eigenvalue weighted by Crippen LogP contribution is 2.55. The van der Waals surface area contributed by atoms with E-state index >= 15 is 0 Å². The van der Waals surface area contributed by atoms with Gasteiger partial charge in [0.15, 0.2) is 46.0 Å². The maximum atomic E-state index is 13.2. The van der Waals surface area contributed by atoms with Crippen molar-refractivity contribution in [1.82, 2.24) is 30.2 Å². The van der Waals surface area contributed by atoms with Crippen LogP contribution in [0, 0.1) is 0 Å². The molecule has 628 valence electrons. The summed E-state index contributed by atoms with van der Waals surface area (Å²) in [5.74, 6) is 7.81. The summed E-state index contributed by atoms with van der Waals surface area (Å²) in [4.78, 5) is 90.2. The number of ketones is 1. The highest BCUT2D eigenvalue weighted by molar-refractivity contribution is 7.84. The Hall–Kier alpha value is -14.5. The van der Waals surface area contributed by atoms with Crippen LogP contribution >= 0.6 is 0 Å². The van der Waals surface area contributed by atoms with Gasteiger partial charge in [0.2, 0.25) is 44.9 Å². The number of carbonyl (C=O) groups is 5. The molecule has 25 nitrogen and oxygen atoms in total. The van der Waals surface area contributed by atoms with E-state index in [0.29, 0.717) is 57.5 Å². The predicted octanol–water partition coefficient (Wildman–Crippen LogP) is 17.0. The number of hydrogen-bond donors (Lipinski definition) is 4. The number of nitrogens with zero attached hydrogens (tertiary/aromatic N) is 6. The maximum absolute atomic E-state index is 13.2. The Balaban J connectivity index is 0.000000123. The first-order valence-corrected chi connectivity index (χ1v) is 42.3. The monoisotopic (exact) mass is 1680 g/mol.